The number of amides is 1. The molecule has 0 aliphatic heterocycles. The van der Waals surface area contributed by atoms with E-state index in [0.29, 0.717) is 22.4 Å². The number of hydrogen-bond donors (Lipinski definition) is 1. The molecule has 0 saturated carbocycles. The highest BCUT2D eigenvalue weighted by Crippen LogP contribution is 2.35. The third-order valence-corrected chi connectivity index (χ3v) is 2.83. The van der Waals surface area contributed by atoms with E-state index in [0.717, 1.165) is 0 Å². The van der Waals surface area contributed by atoms with Gasteiger partial charge in [0.15, 0.2) is 5.78 Å². The Morgan fingerprint density at radius 2 is 1.95 bits per heavy atom. The van der Waals surface area contributed by atoms with E-state index in [9.17, 15) is 9.59 Å². The minimum absolute atomic E-state index is 0.0509. The van der Waals surface area contributed by atoms with Gasteiger partial charge in [-0.05, 0) is 29.3 Å². The zero-order valence-electron chi connectivity index (χ0n) is 10.2. The summed E-state index contributed by atoms with van der Waals surface area (Å²) in [6.07, 6.45) is 0.0509. The number of anilines is 1. The molecule has 19 heavy (non-hydrogen) atoms. The third-order valence-electron chi connectivity index (χ3n) is 2.83. The Morgan fingerprint density at radius 1 is 1.26 bits per heavy atom. The van der Waals surface area contributed by atoms with Crippen LogP contribution in [0.2, 0.25) is 0 Å². The first-order chi connectivity index (χ1) is 9.06. The summed E-state index contributed by atoms with van der Waals surface area (Å²) in [6, 6.07) is 8.43. The number of carbonyl (C=O) groups excluding carboxylic acids is 2. The fourth-order valence-corrected chi connectivity index (χ4v) is 2.05. The Labute approximate surface area is 109 Å². The van der Waals surface area contributed by atoms with Crippen molar-refractivity contribution in [3.05, 3.63) is 34.9 Å². The number of hydrogen-bond acceptors (Lipinski definition) is 4. The molecule has 1 aliphatic carbocycles. The Kier molecular flexibility index (Phi) is 3.14. The number of benzene rings is 1. The van der Waals surface area contributed by atoms with Gasteiger partial charge in [-0.25, -0.2) is 0 Å². The van der Waals surface area contributed by atoms with Gasteiger partial charge in [-0.3, -0.25) is 9.59 Å². The lowest BCUT2D eigenvalue weighted by Crippen LogP contribution is -2.06. The number of Topliss-reactive ketones (excluding diaryl/α,β-unsaturated/α-hetero) is 1. The molecule has 5 nitrogen and oxygen atoms in total. The molecule has 1 amide bonds. The van der Waals surface area contributed by atoms with Crippen LogP contribution in [-0.4, -0.2) is 11.7 Å². The number of nitrogens with one attached hydrogen (secondary N) is 1. The van der Waals surface area contributed by atoms with E-state index in [-0.39, 0.29) is 23.7 Å². The summed E-state index contributed by atoms with van der Waals surface area (Å²) >= 11 is 0. The molecule has 0 bridgehead atoms. The van der Waals surface area contributed by atoms with E-state index in [1.54, 1.807) is 30.3 Å². The van der Waals surface area contributed by atoms with Crippen LogP contribution in [0.4, 0.5) is 5.69 Å². The second-order valence-corrected chi connectivity index (χ2v) is 4.12. The average molecular weight is 251 g/mol. The maximum absolute atomic E-state index is 11.8. The van der Waals surface area contributed by atoms with Crippen molar-refractivity contribution in [2.24, 2.45) is 0 Å². The van der Waals surface area contributed by atoms with Gasteiger partial charge in [0.2, 0.25) is 5.91 Å². The molecular weight excluding hydrogens is 242 g/mol. The van der Waals surface area contributed by atoms with Crippen molar-refractivity contribution < 1.29 is 9.59 Å². The molecule has 0 radical (unpaired) electrons. The van der Waals surface area contributed by atoms with Crippen molar-refractivity contribution in [3.63, 3.8) is 0 Å². The molecule has 0 heterocycles. The molecule has 0 atom stereocenters. The lowest BCUT2D eigenvalue weighted by atomic mass is 10.0. The predicted octanol–water partition coefficient (Wildman–Crippen LogP) is 2.03. The molecule has 1 aromatic rings. The Morgan fingerprint density at radius 3 is 2.53 bits per heavy atom. The summed E-state index contributed by atoms with van der Waals surface area (Å²) in [5.41, 5.74) is 1.93. The van der Waals surface area contributed by atoms with Crippen LogP contribution in [0.25, 0.3) is 5.57 Å². The van der Waals surface area contributed by atoms with E-state index >= 15 is 0 Å². The van der Waals surface area contributed by atoms with E-state index in [4.69, 9.17) is 10.5 Å². The maximum Gasteiger partial charge on any atom is 0.221 e. The summed E-state index contributed by atoms with van der Waals surface area (Å²) in [5.74, 6) is -0.349. The lowest BCUT2D eigenvalue weighted by Gasteiger charge is -2.05. The van der Waals surface area contributed by atoms with Crippen LogP contribution in [0.15, 0.2) is 23.8 Å². The van der Waals surface area contributed by atoms with Crippen LogP contribution in [-0.2, 0) is 4.79 Å². The van der Waals surface area contributed by atoms with Crippen molar-refractivity contribution >= 4 is 23.0 Å². The van der Waals surface area contributed by atoms with Crippen LogP contribution in [0, 0.1) is 22.7 Å². The number of allylic oxidation sites excluding steroid dienone is 2. The predicted molar refractivity (Wildman–Crippen MR) is 67.8 cm³/mol. The van der Waals surface area contributed by atoms with Gasteiger partial charge in [-0.15, -0.1) is 0 Å². The Balaban J connectivity index is 2.60. The molecule has 1 N–H and O–H groups in total. The average Bonchev–Trinajstić information content (AvgIpc) is 2.68. The molecule has 2 rings (SSSR count). The van der Waals surface area contributed by atoms with E-state index < -0.39 is 0 Å². The Bertz CT molecular complexity index is 686. The van der Waals surface area contributed by atoms with Crippen LogP contribution in [0.1, 0.15) is 29.3 Å². The molecule has 0 fully saturated rings. The molecule has 92 valence electrons. The molecule has 1 aromatic carbocycles. The topological polar surface area (TPSA) is 93.8 Å². The van der Waals surface area contributed by atoms with Crippen LogP contribution >= 0.6 is 0 Å². The smallest absolute Gasteiger partial charge is 0.221 e. The van der Waals surface area contributed by atoms with Gasteiger partial charge < -0.3 is 5.32 Å². The number of carbonyl (C=O) groups is 2. The minimum atomic E-state index is -0.226. The van der Waals surface area contributed by atoms with Crippen LogP contribution in [0.3, 0.4) is 0 Å². The summed E-state index contributed by atoms with van der Waals surface area (Å²) < 4.78 is 0. The van der Waals surface area contributed by atoms with E-state index in [1.165, 1.54) is 6.92 Å². The van der Waals surface area contributed by atoms with Gasteiger partial charge in [0.05, 0.1) is 0 Å². The standard InChI is InChI=1S/C14H9N3O2/c1-8(18)17-10-2-3-11-13(4-10)12(5-14(11)19)9(6-15)7-16/h2-4H,5H2,1H3,(H,17,18). The molecular formula is C14H9N3O2. The number of nitrogens with zero attached hydrogens (tertiary/aromatic N) is 2. The minimum Gasteiger partial charge on any atom is -0.326 e. The van der Waals surface area contributed by atoms with Gasteiger partial charge in [-0.2, -0.15) is 10.5 Å². The van der Waals surface area contributed by atoms with Gasteiger partial charge in [0.25, 0.3) is 0 Å². The number of fused-ring (bicyclic) bond motifs is 1. The van der Waals surface area contributed by atoms with Crippen LogP contribution < -0.4 is 5.32 Å². The first-order valence-corrected chi connectivity index (χ1v) is 5.55. The monoisotopic (exact) mass is 251 g/mol. The number of ketones is 1. The van der Waals surface area contributed by atoms with Crippen molar-refractivity contribution in [3.8, 4) is 12.1 Å². The fourth-order valence-electron chi connectivity index (χ4n) is 2.05. The van der Waals surface area contributed by atoms with E-state index in [2.05, 4.69) is 5.32 Å². The molecule has 0 aromatic heterocycles. The highest BCUT2D eigenvalue weighted by Gasteiger charge is 2.27. The highest BCUT2D eigenvalue weighted by molar-refractivity contribution is 6.13. The van der Waals surface area contributed by atoms with Crippen molar-refractivity contribution in [2.75, 3.05) is 5.32 Å². The summed E-state index contributed by atoms with van der Waals surface area (Å²) in [7, 11) is 0. The third kappa shape index (κ3) is 2.22. The zero-order chi connectivity index (χ0) is 14.0. The molecule has 0 saturated heterocycles. The largest absolute Gasteiger partial charge is 0.326 e. The normalized spacial score (nSPS) is 12.4. The lowest BCUT2D eigenvalue weighted by molar-refractivity contribution is -0.114. The summed E-state index contributed by atoms with van der Waals surface area (Å²) in [6.45, 7) is 1.38. The second kappa shape index (κ2) is 4.75. The molecule has 0 unspecified atom stereocenters. The maximum atomic E-state index is 11.8. The van der Waals surface area contributed by atoms with Crippen molar-refractivity contribution in [2.45, 2.75) is 13.3 Å². The van der Waals surface area contributed by atoms with E-state index in [1.807, 2.05) is 0 Å². The SMILES string of the molecule is CC(=O)Nc1ccc2c(c1)C(=C(C#N)C#N)CC2=O. The molecule has 5 heteroatoms. The van der Waals surface area contributed by atoms with Crippen LogP contribution in [0.5, 0.6) is 0 Å². The summed E-state index contributed by atoms with van der Waals surface area (Å²) in [5, 5.41) is 20.4. The summed E-state index contributed by atoms with van der Waals surface area (Å²) in [4.78, 5) is 22.8. The number of rotatable bonds is 1. The first kappa shape index (κ1) is 12.5. The second-order valence-electron chi connectivity index (χ2n) is 4.12. The van der Waals surface area contributed by atoms with Gasteiger partial charge in [0, 0.05) is 24.6 Å². The molecule has 1 aliphatic rings. The molecule has 0 spiro atoms. The highest BCUT2D eigenvalue weighted by atomic mass is 16.1. The van der Waals surface area contributed by atoms with Crippen molar-refractivity contribution in [1.29, 1.82) is 10.5 Å². The quantitative estimate of drug-likeness (QED) is 0.772. The van der Waals surface area contributed by atoms with Gasteiger partial charge in [0.1, 0.15) is 17.7 Å². The Hall–Kier alpha value is -2.92. The van der Waals surface area contributed by atoms with Crippen molar-refractivity contribution in [1.82, 2.24) is 0 Å². The number of nitriles is 2. The van der Waals surface area contributed by atoms with Gasteiger partial charge in [-0.1, -0.05) is 0 Å². The zero-order valence-corrected chi connectivity index (χ0v) is 10.2. The fraction of sp³-hybridized carbons (Fsp3) is 0.143. The first-order valence-electron chi connectivity index (χ1n) is 5.55. The van der Waals surface area contributed by atoms with Gasteiger partial charge >= 0.3 is 0 Å².